The number of rotatable bonds is 4. The fraction of sp³-hybridized carbons (Fsp3) is 0.333. The standard InChI is InChI=1S/C12H15N5O3/c1-8(9-5-13-14-6-9)15-10(18)7-17-4-3-11(19)16(2)12(17)20/h3-6,8H,7H2,1-2H3,(H,13,14)(H,15,18). The molecule has 8 nitrogen and oxygen atoms in total. The number of hydrogen-bond donors (Lipinski definition) is 2. The van der Waals surface area contributed by atoms with Crippen molar-refractivity contribution < 1.29 is 4.79 Å². The zero-order valence-electron chi connectivity index (χ0n) is 11.2. The molecule has 2 rings (SSSR count). The second kappa shape index (κ2) is 5.55. The highest BCUT2D eigenvalue weighted by Crippen LogP contribution is 2.08. The van der Waals surface area contributed by atoms with Crippen molar-refractivity contribution in [2.75, 3.05) is 0 Å². The third kappa shape index (κ3) is 2.85. The van der Waals surface area contributed by atoms with Crippen LogP contribution >= 0.6 is 0 Å². The van der Waals surface area contributed by atoms with Gasteiger partial charge in [-0.2, -0.15) is 5.10 Å². The smallest absolute Gasteiger partial charge is 0.331 e. The van der Waals surface area contributed by atoms with Crippen molar-refractivity contribution in [2.45, 2.75) is 19.5 Å². The van der Waals surface area contributed by atoms with E-state index in [1.54, 1.807) is 12.4 Å². The highest BCUT2D eigenvalue weighted by Gasteiger charge is 2.12. The highest BCUT2D eigenvalue weighted by molar-refractivity contribution is 5.76. The molecule has 0 saturated carbocycles. The van der Waals surface area contributed by atoms with Crippen LogP contribution in [0.25, 0.3) is 0 Å². The van der Waals surface area contributed by atoms with E-state index in [2.05, 4.69) is 15.5 Å². The maximum Gasteiger partial charge on any atom is 0.331 e. The van der Waals surface area contributed by atoms with Gasteiger partial charge in [-0.05, 0) is 6.92 Å². The predicted octanol–water partition coefficient (Wildman–Crippen LogP) is -0.852. The number of aromatic amines is 1. The Morgan fingerprint density at radius 3 is 2.90 bits per heavy atom. The molecule has 20 heavy (non-hydrogen) atoms. The Kier molecular flexibility index (Phi) is 3.83. The van der Waals surface area contributed by atoms with Gasteiger partial charge in [0.1, 0.15) is 6.54 Å². The first-order chi connectivity index (χ1) is 9.49. The summed E-state index contributed by atoms with van der Waals surface area (Å²) in [6.45, 7) is 1.67. The molecule has 1 atom stereocenters. The largest absolute Gasteiger partial charge is 0.348 e. The lowest BCUT2D eigenvalue weighted by Gasteiger charge is -2.13. The molecule has 1 unspecified atom stereocenters. The number of aromatic nitrogens is 4. The van der Waals surface area contributed by atoms with Crippen molar-refractivity contribution in [3.8, 4) is 0 Å². The van der Waals surface area contributed by atoms with Crippen molar-refractivity contribution >= 4 is 5.91 Å². The molecule has 106 valence electrons. The van der Waals surface area contributed by atoms with Gasteiger partial charge in [0.05, 0.1) is 12.2 Å². The maximum absolute atomic E-state index is 11.9. The van der Waals surface area contributed by atoms with Crippen molar-refractivity contribution in [1.82, 2.24) is 24.6 Å². The summed E-state index contributed by atoms with van der Waals surface area (Å²) in [7, 11) is 1.37. The van der Waals surface area contributed by atoms with Gasteiger partial charge in [0.15, 0.2) is 0 Å². The van der Waals surface area contributed by atoms with Crippen LogP contribution in [0.2, 0.25) is 0 Å². The lowest BCUT2D eigenvalue weighted by molar-refractivity contribution is -0.122. The van der Waals surface area contributed by atoms with Crippen LogP contribution in [0.5, 0.6) is 0 Å². The molecule has 0 aliphatic carbocycles. The van der Waals surface area contributed by atoms with Crippen LogP contribution in [0.4, 0.5) is 0 Å². The molecule has 0 aromatic carbocycles. The third-order valence-corrected chi connectivity index (χ3v) is 2.97. The minimum Gasteiger partial charge on any atom is -0.348 e. The Hall–Kier alpha value is -2.64. The van der Waals surface area contributed by atoms with Gasteiger partial charge in [0, 0.05) is 31.1 Å². The van der Waals surface area contributed by atoms with E-state index in [0.717, 1.165) is 10.1 Å². The number of hydrogen-bond acceptors (Lipinski definition) is 4. The van der Waals surface area contributed by atoms with Crippen LogP contribution in [0, 0.1) is 0 Å². The van der Waals surface area contributed by atoms with E-state index in [0.29, 0.717) is 0 Å². The van der Waals surface area contributed by atoms with Crippen LogP contribution in [0.1, 0.15) is 18.5 Å². The van der Waals surface area contributed by atoms with Crippen molar-refractivity contribution in [3.05, 3.63) is 51.1 Å². The molecule has 2 aromatic heterocycles. The monoisotopic (exact) mass is 277 g/mol. The molecule has 0 saturated heterocycles. The number of nitrogens with zero attached hydrogens (tertiary/aromatic N) is 3. The molecule has 8 heteroatoms. The number of amides is 1. The molecular formula is C12H15N5O3. The highest BCUT2D eigenvalue weighted by atomic mass is 16.2. The number of carbonyl (C=O) groups excluding carboxylic acids is 1. The second-order valence-corrected chi connectivity index (χ2v) is 4.44. The molecule has 0 radical (unpaired) electrons. The van der Waals surface area contributed by atoms with Crippen molar-refractivity contribution in [3.63, 3.8) is 0 Å². The molecule has 0 aliphatic rings. The Morgan fingerprint density at radius 2 is 2.25 bits per heavy atom. The molecular weight excluding hydrogens is 262 g/mol. The van der Waals surface area contributed by atoms with Crippen LogP contribution < -0.4 is 16.6 Å². The normalized spacial score (nSPS) is 12.1. The van der Waals surface area contributed by atoms with E-state index in [-0.39, 0.29) is 18.5 Å². The van der Waals surface area contributed by atoms with E-state index in [1.165, 1.54) is 23.9 Å². The van der Waals surface area contributed by atoms with Crippen LogP contribution in [0.15, 0.2) is 34.2 Å². The van der Waals surface area contributed by atoms with Crippen LogP contribution in [-0.4, -0.2) is 25.2 Å². The Bertz CT molecular complexity index is 713. The maximum atomic E-state index is 11.9. The van der Waals surface area contributed by atoms with Crippen LogP contribution in [0.3, 0.4) is 0 Å². The summed E-state index contributed by atoms with van der Waals surface area (Å²) in [6.07, 6.45) is 4.61. The summed E-state index contributed by atoms with van der Waals surface area (Å²) in [5, 5.41) is 9.21. The van der Waals surface area contributed by atoms with E-state index in [1.807, 2.05) is 6.92 Å². The van der Waals surface area contributed by atoms with Crippen LogP contribution in [-0.2, 0) is 18.4 Å². The molecule has 1 amide bonds. The fourth-order valence-corrected chi connectivity index (χ4v) is 1.76. The van der Waals surface area contributed by atoms with Gasteiger partial charge in [-0.15, -0.1) is 0 Å². The molecule has 0 bridgehead atoms. The average Bonchev–Trinajstić information content (AvgIpc) is 2.93. The van der Waals surface area contributed by atoms with Gasteiger partial charge >= 0.3 is 5.69 Å². The van der Waals surface area contributed by atoms with E-state index in [9.17, 15) is 14.4 Å². The second-order valence-electron chi connectivity index (χ2n) is 4.44. The lowest BCUT2D eigenvalue weighted by Crippen LogP contribution is -2.40. The summed E-state index contributed by atoms with van der Waals surface area (Å²) in [5.74, 6) is -0.320. The summed E-state index contributed by atoms with van der Waals surface area (Å²) in [6, 6.07) is 1.03. The first kappa shape index (κ1) is 13.8. The summed E-state index contributed by atoms with van der Waals surface area (Å²) in [5.41, 5.74) is -0.0896. The van der Waals surface area contributed by atoms with Crippen molar-refractivity contribution in [1.29, 1.82) is 0 Å². The molecule has 2 aromatic rings. The van der Waals surface area contributed by atoms with Gasteiger partial charge in [-0.3, -0.25) is 23.8 Å². The summed E-state index contributed by atoms with van der Waals surface area (Å²) >= 11 is 0. The van der Waals surface area contributed by atoms with Gasteiger partial charge < -0.3 is 5.32 Å². The first-order valence-electron chi connectivity index (χ1n) is 6.03. The van der Waals surface area contributed by atoms with Crippen molar-refractivity contribution in [2.24, 2.45) is 7.05 Å². The zero-order valence-corrected chi connectivity index (χ0v) is 11.2. The predicted molar refractivity (Wildman–Crippen MR) is 71.1 cm³/mol. The molecule has 0 spiro atoms. The number of carbonyl (C=O) groups is 1. The quantitative estimate of drug-likeness (QED) is 0.759. The average molecular weight is 277 g/mol. The van der Waals surface area contributed by atoms with Gasteiger partial charge in [0.25, 0.3) is 5.56 Å². The van der Waals surface area contributed by atoms with Gasteiger partial charge in [-0.1, -0.05) is 0 Å². The number of H-pyrrole nitrogens is 1. The SMILES string of the molecule is CC(NC(=O)Cn1ccc(=O)n(C)c1=O)c1cn[nH]c1. The molecule has 2 N–H and O–H groups in total. The Morgan fingerprint density at radius 1 is 1.50 bits per heavy atom. The third-order valence-electron chi connectivity index (χ3n) is 2.97. The summed E-state index contributed by atoms with van der Waals surface area (Å²) in [4.78, 5) is 34.9. The Balaban J connectivity index is 2.07. The zero-order chi connectivity index (χ0) is 14.7. The van der Waals surface area contributed by atoms with Gasteiger partial charge in [-0.25, -0.2) is 4.79 Å². The van der Waals surface area contributed by atoms with E-state index >= 15 is 0 Å². The minimum absolute atomic E-state index is 0.144. The fourth-order valence-electron chi connectivity index (χ4n) is 1.76. The first-order valence-corrected chi connectivity index (χ1v) is 6.03. The van der Waals surface area contributed by atoms with Gasteiger partial charge in [0.2, 0.25) is 5.91 Å². The molecule has 0 aliphatic heterocycles. The molecule has 0 fully saturated rings. The topological polar surface area (TPSA) is 102 Å². The van der Waals surface area contributed by atoms with E-state index < -0.39 is 11.2 Å². The summed E-state index contributed by atoms with van der Waals surface area (Å²) < 4.78 is 2.13. The minimum atomic E-state index is -0.524. The van der Waals surface area contributed by atoms with E-state index in [4.69, 9.17) is 0 Å². The number of nitrogens with one attached hydrogen (secondary N) is 2. The lowest BCUT2D eigenvalue weighted by atomic mass is 10.2. The Labute approximate surface area is 114 Å². The molecule has 2 heterocycles.